The number of methoxy groups -OCH3 is 1. The van der Waals surface area contributed by atoms with Gasteiger partial charge in [0.1, 0.15) is 0 Å². The molecule has 2 heteroatoms. The van der Waals surface area contributed by atoms with Gasteiger partial charge in [0.05, 0.1) is 6.10 Å². The summed E-state index contributed by atoms with van der Waals surface area (Å²) in [5, 5.41) is 0. The summed E-state index contributed by atoms with van der Waals surface area (Å²) in [4.78, 5) is 0. The third-order valence-electron chi connectivity index (χ3n) is 2.66. The summed E-state index contributed by atoms with van der Waals surface area (Å²) < 4.78 is 11.0. The van der Waals surface area contributed by atoms with Crippen molar-refractivity contribution in [3.8, 4) is 0 Å². The maximum atomic E-state index is 5.80. The van der Waals surface area contributed by atoms with Gasteiger partial charge in [0.2, 0.25) is 0 Å². The molecule has 1 aromatic rings. The molecule has 14 heavy (non-hydrogen) atoms. The Morgan fingerprint density at radius 3 is 2.71 bits per heavy atom. The molecule has 0 bridgehead atoms. The lowest BCUT2D eigenvalue weighted by molar-refractivity contribution is -0.182. The van der Waals surface area contributed by atoms with Gasteiger partial charge in [-0.25, -0.2) is 0 Å². The molecule has 1 saturated heterocycles. The van der Waals surface area contributed by atoms with Gasteiger partial charge in [-0.2, -0.15) is 0 Å². The highest BCUT2D eigenvalue weighted by atomic mass is 16.7. The highest BCUT2D eigenvalue weighted by Gasteiger charge is 2.22. The molecule has 2 rings (SSSR count). The van der Waals surface area contributed by atoms with Crippen LogP contribution < -0.4 is 0 Å². The second-order valence-corrected chi connectivity index (χ2v) is 3.63. The van der Waals surface area contributed by atoms with Gasteiger partial charge in [-0.05, 0) is 24.8 Å². The summed E-state index contributed by atoms with van der Waals surface area (Å²) in [5.41, 5.74) is 1.26. The summed E-state index contributed by atoms with van der Waals surface area (Å²) >= 11 is 0. The van der Waals surface area contributed by atoms with Crippen molar-refractivity contribution < 1.29 is 9.47 Å². The molecule has 1 heterocycles. The first kappa shape index (κ1) is 9.69. The van der Waals surface area contributed by atoms with Gasteiger partial charge in [-0.1, -0.05) is 30.3 Å². The van der Waals surface area contributed by atoms with Gasteiger partial charge < -0.3 is 9.47 Å². The van der Waals surface area contributed by atoms with Gasteiger partial charge in [0, 0.05) is 7.11 Å². The molecule has 0 spiro atoms. The summed E-state index contributed by atoms with van der Waals surface area (Å²) in [5.74, 6) is 0. The molecule has 0 aliphatic carbocycles. The van der Waals surface area contributed by atoms with Crippen molar-refractivity contribution >= 4 is 0 Å². The van der Waals surface area contributed by atoms with E-state index in [9.17, 15) is 0 Å². The minimum Gasteiger partial charge on any atom is -0.356 e. The largest absolute Gasteiger partial charge is 0.356 e. The Morgan fingerprint density at radius 1 is 1.21 bits per heavy atom. The molecule has 0 saturated carbocycles. The van der Waals surface area contributed by atoms with E-state index >= 15 is 0 Å². The lowest BCUT2D eigenvalue weighted by Gasteiger charge is -2.29. The monoisotopic (exact) mass is 192 g/mol. The van der Waals surface area contributed by atoms with E-state index in [1.807, 2.05) is 6.07 Å². The average Bonchev–Trinajstić information content (AvgIpc) is 2.30. The zero-order valence-electron chi connectivity index (χ0n) is 8.48. The third-order valence-corrected chi connectivity index (χ3v) is 2.66. The maximum Gasteiger partial charge on any atom is 0.158 e. The fourth-order valence-electron chi connectivity index (χ4n) is 1.88. The van der Waals surface area contributed by atoms with E-state index in [0.717, 1.165) is 12.8 Å². The first-order chi connectivity index (χ1) is 6.90. The van der Waals surface area contributed by atoms with Crippen molar-refractivity contribution in [2.24, 2.45) is 0 Å². The number of rotatable bonds is 2. The Labute approximate surface area is 84.8 Å². The standard InChI is InChI=1S/C12H16O2/c1-13-12-9-5-8-11(14-12)10-6-3-2-4-7-10/h2-4,6-7,11-12H,5,8-9H2,1H3/t11-,12+/m1/s1. The van der Waals surface area contributed by atoms with Gasteiger partial charge in [0.25, 0.3) is 0 Å². The summed E-state index contributed by atoms with van der Waals surface area (Å²) in [6.07, 6.45) is 3.49. The first-order valence-electron chi connectivity index (χ1n) is 5.13. The molecule has 0 N–H and O–H groups in total. The van der Waals surface area contributed by atoms with Crippen molar-refractivity contribution in [3.63, 3.8) is 0 Å². The van der Waals surface area contributed by atoms with Crippen LogP contribution in [0.5, 0.6) is 0 Å². The quantitative estimate of drug-likeness (QED) is 0.717. The molecule has 1 aliphatic rings. The number of hydrogen-bond acceptors (Lipinski definition) is 2. The fraction of sp³-hybridized carbons (Fsp3) is 0.500. The van der Waals surface area contributed by atoms with Crippen LogP contribution in [0.15, 0.2) is 30.3 Å². The zero-order valence-corrected chi connectivity index (χ0v) is 8.48. The number of benzene rings is 1. The number of hydrogen-bond donors (Lipinski definition) is 0. The third kappa shape index (κ3) is 2.14. The predicted octanol–water partition coefficient (Wildman–Crippen LogP) is 2.90. The van der Waals surface area contributed by atoms with Crippen LogP contribution in [-0.2, 0) is 9.47 Å². The molecular formula is C12H16O2. The molecule has 0 aromatic heterocycles. The predicted molar refractivity (Wildman–Crippen MR) is 54.9 cm³/mol. The van der Waals surface area contributed by atoms with Crippen molar-refractivity contribution in [1.29, 1.82) is 0 Å². The van der Waals surface area contributed by atoms with Gasteiger partial charge in [-0.15, -0.1) is 0 Å². The Hall–Kier alpha value is -0.860. The Kier molecular flexibility index (Phi) is 3.17. The summed E-state index contributed by atoms with van der Waals surface area (Å²) in [6, 6.07) is 10.4. The van der Waals surface area contributed by atoms with E-state index in [2.05, 4.69) is 24.3 Å². The van der Waals surface area contributed by atoms with Crippen LogP contribution in [0.1, 0.15) is 30.9 Å². The molecule has 76 valence electrons. The zero-order chi connectivity index (χ0) is 9.80. The second-order valence-electron chi connectivity index (χ2n) is 3.63. The summed E-state index contributed by atoms with van der Waals surface area (Å²) in [6.45, 7) is 0. The van der Waals surface area contributed by atoms with Crippen LogP contribution in [0.2, 0.25) is 0 Å². The summed E-state index contributed by atoms with van der Waals surface area (Å²) in [7, 11) is 1.71. The molecular weight excluding hydrogens is 176 g/mol. The normalized spacial score (nSPS) is 27.5. The van der Waals surface area contributed by atoms with Crippen LogP contribution in [-0.4, -0.2) is 13.4 Å². The topological polar surface area (TPSA) is 18.5 Å². The molecule has 0 amide bonds. The second kappa shape index (κ2) is 4.58. The molecule has 1 aliphatic heterocycles. The Balaban J connectivity index is 2.04. The van der Waals surface area contributed by atoms with Gasteiger partial charge in [0.15, 0.2) is 6.29 Å². The van der Waals surface area contributed by atoms with Gasteiger partial charge in [-0.3, -0.25) is 0 Å². The Bertz CT molecular complexity index is 271. The fourth-order valence-corrected chi connectivity index (χ4v) is 1.88. The molecule has 0 radical (unpaired) electrons. The van der Waals surface area contributed by atoms with Crippen LogP contribution in [0.25, 0.3) is 0 Å². The minimum atomic E-state index is -0.0195. The highest BCUT2D eigenvalue weighted by Crippen LogP contribution is 2.30. The van der Waals surface area contributed by atoms with Crippen molar-refractivity contribution in [2.75, 3.05) is 7.11 Å². The average molecular weight is 192 g/mol. The van der Waals surface area contributed by atoms with E-state index in [4.69, 9.17) is 9.47 Å². The smallest absolute Gasteiger partial charge is 0.158 e. The molecule has 2 nitrogen and oxygen atoms in total. The van der Waals surface area contributed by atoms with Crippen LogP contribution >= 0.6 is 0 Å². The van der Waals surface area contributed by atoms with E-state index in [0.29, 0.717) is 0 Å². The van der Waals surface area contributed by atoms with Crippen molar-refractivity contribution in [2.45, 2.75) is 31.7 Å². The molecule has 1 aromatic carbocycles. The lowest BCUT2D eigenvalue weighted by Crippen LogP contribution is -2.23. The van der Waals surface area contributed by atoms with Crippen LogP contribution in [0, 0.1) is 0 Å². The highest BCUT2D eigenvalue weighted by molar-refractivity contribution is 5.17. The minimum absolute atomic E-state index is 0.0195. The molecule has 0 unspecified atom stereocenters. The maximum absolute atomic E-state index is 5.80. The van der Waals surface area contributed by atoms with Crippen LogP contribution in [0.3, 0.4) is 0 Å². The lowest BCUT2D eigenvalue weighted by atomic mass is 10.0. The van der Waals surface area contributed by atoms with Crippen molar-refractivity contribution in [1.82, 2.24) is 0 Å². The SMILES string of the molecule is CO[C@@H]1CCC[C@H](c2ccccc2)O1. The first-order valence-corrected chi connectivity index (χ1v) is 5.13. The molecule has 1 fully saturated rings. The van der Waals surface area contributed by atoms with Crippen molar-refractivity contribution in [3.05, 3.63) is 35.9 Å². The van der Waals surface area contributed by atoms with E-state index in [1.54, 1.807) is 7.11 Å². The number of ether oxygens (including phenoxy) is 2. The van der Waals surface area contributed by atoms with Crippen LogP contribution in [0.4, 0.5) is 0 Å². The Morgan fingerprint density at radius 2 is 2.00 bits per heavy atom. The van der Waals surface area contributed by atoms with E-state index < -0.39 is 0 Å². The van der Waals surface area contributed by atoms with Gasteiger partial charge >= 0.3 is 0 Å². The van der Waals surface area contributed by atoms with E-state index in [-0.39, 0.29) is 12.4 Å². The van der Waals surface area contributed by atoms with E-state index in [1.165, 1.54) is 12.0 Å². The molecule has 2 atom stereocenters.